The van der Waals surface area contributed by atoms with Gasteiger partial charge in [-0.15, -0.1) is 11.3 Å². The predicted molar refractivity (Wildman–Crippen MR) is 108 cm³/mol. The van der Waals surface area contributed by atoms with Crippen LogP contribution in [0.25, 0.3) is 20.8 Å². The lowest BCUT2D eigenvalue weighted by molar-refractivity contribution is -0.117. The third-order valence-electron chi connectivity index (χ3n) is 4.67. The molecule has 4 rings (SSSR count). The van der Waals surface area contributed by atoms with Gasteiger partial charge in [0.15, 0.2) is 0 Å². The monoisotopic (exact) mass is 366 g/mol. The Hall–Kier alpha value is -2.28. The summed E-state index contributed by atoms with van der Waals surface area (Å²) in [5.41, 5.74) is 2.93. The smallest absolute Gasteiger partial charge is 0.238 e. The number of nitrogens with one attached hydrogen (secondary N) is 1. The molecule has 26 heavy (non-hydrogen) atoms. The fourth-order valence-electron chi connectivity index (χ4n) is 3.10. The summed E-state index contributed by atoms with van der Waals surface area (Å²) in [6.45, 7) is 4.38. The molecule has 2 aromatic carbocycles. The fraction of sp³-hybridized carbons (Fsp3) is 0.300. The largest absolute Gasteiger partial charge is 0.325 e. The first-order valence-electron chi connectivity index (χ1n) is 8.84. The van der Waals surface area contributed by atoms with Crippen LogP contribution in [0.1, 0.15) is 0 Å². The Morgan fingerprint density at radius 3 is 2.54 bits per heavy atom. The molecule has 1 aliphatic rings. The molecule has 0 radical (unpaired) electrons. The Bertz CT molecular complexity index is 865. The Morgan fingerprint density at radius 1 is 1.08 bits per heavy atom. The van der Waals surface area contributed by atoms with Crippen molar-refractivity contribution in [1.82, 2.24) is 14.8 Å². The van der Waals surface area contributed by atoms with Gasteiger partial charge in [-0.05, 0) is 43.4 Å². The van der Waals surface area contributed by atoms with Gasteiger partial charge >= 0.3 is 0 Å². The van der Waals surface area contributed by atoms with Crippen molar-refractivity contribution in [2.75, 3.05) is 45.1 Å². The van der Waals surface area contributed by atoms with E-state index < -0.39 is 0 Å². The molecule has 1 fully saturated rings. The van der Waals surface area contributed by atoms with Crippen LogP contribution >= 0.6 is 11.3 Å². The van der Waals surface area contributed by atoms with Gasteiger partial charge in [-0.2, -0.15) is 0 Å². The first kappa shape index (κ1) is 17.1. The topological polar surface area (TPSA) is 48.5 Å². The first-order chi connectivity index (χ1) is 12.7. The van der Waals surface area contributed by atoms with Gasteiger partial charge in [-0.3, -0.25) is 9.69 Å². The standard InChI is InChI=1S/C20H22N4OS/c1-23-10-12-24(13-11-23)14-19(25)21-16-8-6-15(7-9-16)20-22-17-4-2-3-5-18(17)26-20/h2-9H,10-14H2,1H3,(H,21,25). The van der Waals surface area contributed by atoms with E-state index in [0.717, 1.165) is 48.0 Å². The summed E-state index contributed by atoms with van der Waals surface area (Å²) in [5.74, 6) is 0.0438. The summed E-state index contributed by atoms with van der Waals surface area (Å²) in [5, 5.41) is 4.00. The van der Waals surface area contributed by atoms with E-state index in [9.17, 15) is 4.79 Å². The number of hydrogen-bond acceptors (Lipinski definition) is 5. The van der Waals surface area contributed by atoms with E-state index in [0.29, 0.717) is 6.54 Å². The van der Waals surface area contributed by atoms with Gasteiger partial charge in [0.1, 0.15) is 5.01 Å². The molecular formula is C20H22N4OS. The number of piperazine rings is 1. The molecule has 1 N–H and O–H groups in total. The van der Waals surface area contributed by atoms with Crippen LogP contribution in [-0.4, -0.2) is 60.5 Å². The number of rotatable bonds is 4. The van der Waals surface area contributed by atoms with Crippen molar-refractivity contribution in [3.63, 3.8) is 0 Å². The van der Waals surface area contributed by atoms with Crippen molar-refractivity contribution in [3.05, 3.63) is 48.5 Å². The van der Waals surface area contributed by atoms with Crippen LogP contribution in [-0.2, 0) is 4.79 Å². The average Bonchev–Trinajstić information content (AvgIpc) is 3.08. The molecule has 0 saturated carbocycles. The molecule has 6 heteroatoms. The highest BCUT2D eigenvalue weighted by atomic mass is 32.1. The number of amides is 1. The molecular weight excluding hydrogens is 344 g/mol. The number of likely N-dealkylation sites (N-methyl/N-ethyl adjacent to an activating group) is 1. The van der Waals surface area contributed by atoms with E-state index >= 15 is 0 Å². The molecule has 0 aliphatic carbocycles. The number of fused-ring (bicyclic) bond motifs is 1. The Morgan fingerprint density at radius 2 is 1.81 bits per heavy atom. The second kappa shape index (κ2) is 7.53. The van der Waals surface area contributed by atoms with Gasteiger partial charge in [0.2, 0.25) is 5.91 Å². The zero-order valence-electron chi connectivity index (χ0n) is 14.8. The Balaban J connectivity index is 1.38. The summed E-state index contributed by atoms with van der Waals surface area (Å²) in [6.07, 6.45) is 0. The maximum atomic E-state index is 12.3. The third kappa shape index (κ3) is 3.93. The number of carbonyl (C=O) groups is 1. The SMILES string of the molecule is CN1CCN(CC(=O)Nc2ccc(-c3nc4ccccc4s3)cc2)CC1. The van der Waals surface area contributed by atoms with Crippen LogP contribution in [0, 0.1) is 0 Å². The molecule has 1 aliphatic heterocycles. The van der Waals surface area contributed by atoms with Gasteiger partial charge in [-0.1, -0.05) is 12.1 Å². The van der Waals surface area contributed by atoms with Crippen molar-refractivity contribution >= 4 is 33.1 Å². The van der Waals surface area contributed by atoms with Crippen LogP contribution in [0.2, 0.25) is 0 Å². The minimum absolute atomic E-state index is 0.0438. The van der Waals surface area contributed by atoms with E-state index in [2.05, 4.69) is 33.2 Å². The van der Waals surface area contributed by atoms with Crippen LogP contribution < -0.4 is 5.32 Å². The third-order valence-corrected chi connectivity index (χ3v) is 5.76. The van der Waals surface area contributed by atoms with E-state index in [1.165, 1.54) is 4.70 Å². The second-order valence-electron chi connectivity index (χ2n) is 6.69. The minimum atomic E-state index is 0.0438. The molecule has 1 amide bonds. The quantitative estimate of drug-likeness (QED) is 0.771. The number of anilines is 1. The van der Waals surface area contributed by atoms with Crippen molar-refractivity contribution in [3.8, 4) is 10.6 Å². The highest BCUT2D eigenvalue weighted by Crippen LogP contribution is 2.30. The van der Waals surface area contributed by atoms with Gasteiger partial charge in [-0.25, -0.2) is 4.98 Å². The summed E-state index contributed by atoms with van der Waals surface area (Å²) >= 11 is 1.68. The number of para-hydroxylation sites is 1. The maximum Gasteiger partial charge on any atom is 0.238 e. The van der Waals surface area contributed by atoms with Crippen LogP contribution in [0.3, 0.4) is 0 Å². The Labute approximate surface area is 157 Å². The van der Waals surface area contributed by atoms with Crippen molar-refractivity contribution in [2.24, 2.45) is 0 Å². The fourth-order valence-corrected chi connectivity index (χ4v) is 4.07. The molecule has 0 unspecified atom stereocenters. The lowest BCUT2D eigenvalue weighted by atomic mass is 10.2. The van der Waals surface area contributed by atoms with E-state index in [1.54, 1.807) is 11.3 Å². The zero-order valence-corrected chi connectivity index (χ0v) is 15.6. The number of thiazole rings is 1. The van der Waals surface area contributed by atoms with Gasteiger partial charge in [0.05, 0.1) is 16.8 Å². The molecule has 5 nitrogen and oxygen atoms in total. The van der Waals surface area contributed by atoms with Gasteiger partial charge in [0, 0.05) is 37.4 Å². The van der Waals surface area contributed by atoms with Crippen LogP contribution in [0.5, 0.6) is 0 Å². The normalized spacial score (nSPS) is 16.0. The molecule has 0 atom stereocenters. The van der Waals surface area contributed by atoms with Crippen LogP contribution in [0.15, 0.2) is 48.5 Å². The lowest BCUT2D eigenvalue weighted by Crippen LogP contribution is -2.47. The summed E-state index contributed by atoms with van der Waals surface area (Å²) in [7, 11) is 2.12. The summed E-state index contributed by atoms with van der Waals surface area (Å²) < 4.78 is 1.19. The van der Waals surface area contributed by atoms with Gasteiger partial charge in [0.25, 0.3) is 0 Å². The maximum absolute atomic E-state index is 12.3. The molecule has 0 spiro atoms. The molecule has 3 aromatic rings. The van der Waals surface area contributed by atoms with Crippen molar-refractivity contribution in [1.29, 1.82) is 0 Å². The van der Waals surface area contributed by atoms with E-state index in [-0.39, 0.29) is 5.91 Å². The molecule has 2 heterocycles. The number of benzene rings is 2. The average molecular weight is 366 g/mol. The van der Waals surface area contributed by atoms with Gasteiger partial charge < -0.3 is 10.2 Å². The highest BCUT2D eigenvalue weighted by molar-refractivity contribution is 7.21. The van der Waals surface area contributed by atoms with E-state index in [4.69, 9.17) is 0 Å². The van der Waals surface area contributed by atoms with E-state index in [1.807, 2.05) is 42.5 Å². The summed E-state index contributed by atoms with van der Waals surface area (Å²) in [6, 6.07) is 16.1. The number of hydrogen-bond donors (Lipinski definition) is 1. The lowest BCUT2D eigenvalue weighted by Gasteiger charge is -2.31. The molecule has 0 bridgehead atoms. The highest BCUT2D eigenvalue weighted by Gasteiger charge is 2.16. The first-order valence-corrected chi connectivity index (χ1v) is 9.66. The summed E-state index contributed by atoms with van der Waals surface area (Å²) in [4.78, 5) is 21.4. The number of carbonyl (C=O) groups excluding carboxylic acids is 1. The Kier molecular flexibility index (Phi) is 4.97. The van der Waals surface area contributed by atoms with Crippen LogP contribution in [0.4, 0.5) is 5.69 Å². The number of aromatic nitrogens is 1. The minimum Gasteiger partial charge on any atom is -0.325 e. The molecule has 134 valence electrons. The van der Waals surface area contributed by atoms with Crippen molar-refractivity contribution in [2.45, 2.75) is 0 Å². The second-order valence-corrected chi connectivity index (χ2v) is 7.72. The predicted octanol–water partition coefficient (Wildman–Crippen LogP) is 3.15. The number of nitrogens with zero attached hydrogens (tertiary/aromatic N) is 3. The molecule has 1 saturated heterocycles. The zero-order chi connectivity index (χ0) is 17.9. The van der Waals surface area contributed by atoms with Crippen molar-refractivity contribution < 1.29 is 4.79 Å². The molecule has 1 aromatic heterocycles.